The first kappa shape index (κ1) is 12.5. The van der Waals surface area contributed by atoms with Crippen LogP contribution in [0, 0.1) is 23.7 Å². The Labute approximate surface area is 127 Å². The van der Waals surface area contributed by atoms with Crippen molar-refractivity contribution in [3.63, 3.8) is 0 Å². The second-order valence-corrected chi connectivity index (χ2v) is 7.77. The molecule has 0 saturated heterocycles. The van der Waals surface area contributed by atoms with Crippen LogP contribution >= 0.6 is 0 Å². The van der Waals surface area contributed by atoms with Crippen LogP contribution in [0.15, 0.2) is 42.5 Å². The van der Waals surface area contributed by atoms with Gasteiger partial charge in [0.05, 0.1) is 11.7 Å². The second kappa shape index (κ2) is 4.46. The summed E-state index contributed by atoms with van der Waals surface area (Å²) in [5.74, 6) is 3.15. The molecule has 1 heteroatoms. The minimum atomic E-state index is 0.0349. The van der Waals surface area contributed by atoms with Gasteiger partial charge in [0.1, 0.15) is 0 Å². The maximum atomic E-state index is 6.96. The van der Waals surface area contributed by atoms with Crippen LogP contribution in [0.5, 0.6) is 0 Å². The maximum Gasteiger partial charge on any atom is 0.0966 e. The van der Waals surface area contributed by atoms with E-state index in [0.29, 0.717) is 12.0 Å². The third-order valence-electron chi connectivity index (χ3n) is 6.63. The summed E-state index contributed by atoms with van der Waals surface area (Å²) in [4.78, 5) is 0. The van der Waals surface area contributed by atoms with Gasteiger partial charge >= 0.3 is 0 Å². The lowest BCUT2D eigenvalue weighted by molar-refractivity contribution is -0.139. The summed E-state index contributed by atoms with van der Waals surface area (Å²) in [6.07, 6.45) is 13.4. The zero-order valence-corrected chi connectivity index (χ0v) is 12.6. The SMILES string of the molecule is C1=CC2CC1CC2OC1(c2ccccc2)CC2CCC1C2. The van der Waals surface area contributed by atoms with Crippen molar-refractivity contribution in [3.8, 4) is 0 Å². The molecule has 1 aromatic rings. The smallest absolute Gasteiger partial charge is 0.0966 e. The summed E-state index contributed by atoms with van der Waals surface area (Å²) in [5.41, 5.74) is 1.48. The number of allylic oxidation sites excluding steroid dienone is 1. The van der Waals surface area contributed by atoms with Crippen molar-refractivity contribution in [2.45, 2.75) is 50.2 Å². The molecular formula is C20H24O. The fraction of sp³-hybridized carbons (Fsp3) is 0.600. The van der Waals surface area contributed by atoms with E-state index in [1.165, 1.54) is 44.1 Å². The van der Waals surface area contributed by atoms with Gasteiger partial charge in [-0.3, -0.25) is 0 Å². The number of ether oxygens (including phenoxy) is 1. The summed E-state index contributed by atoms with van der Waals surface area (Å²) >= 11 is 0. The van der Waals surface area contributed by atoms with Crippen molar-refractivity contribution in [3.05, 3.63) is 48.0 Å². The maximum absolute atomic E-state index is 6.96. The van der Waals surface area contributed by atoms with E-state index in [9.17, 15) is 0 Å². The number of hydrogen-bond donors (Lipinski definition) is 0. The Kier molecular flexibility index (Phi) is 2.65. The molecule has 5 rings (SSSR count). The number of benzene rings is 1. The molecule has 1 aromatic carbocycles. The highest BCUT2D eigenvalue weighted by molar-refractivity contribution is 5.27. The molecule has 0 amide bonds. The summed E-state index contributed by atoms with van der Waals surface area (Å²) in [7, 11) is 0. The van der Waals surface area contributed by atoms with Crippen LogP contribution in [-0.4, -0.2) is 6.10 Å². The van der Waals surface area contributed by atoms with Crippen LogP contribution in [0.3, 0.4) is 0 Å². The van der Waals surface area contributed by atoms with Crippen LogP contribution in [0.4, 0.5) is 0 Å². The standard InChI is InChI=1S/C20H24O/c1-2-4-17(5-3-1)20(13-15-7-9-18(20)11-15)21-19-12-14-6-8-16(19)10-14/h1-6,8,14-16,18-19H,7,9-13H2. The van der Waals surface area contributed by atoms with E-state index in [1.807, 2.05) is 0 Å². The van der Waals surface area contributed by atoms with Gasteiger partial charge in [-0.05, 0) is 61.8 Å². The Hall–Kier alpha value is -1.08. The molecular weight excluding hydrogens is 256 g/mol. The van der Waals surface area contributed by atoms with Crippen LogP contribution in [0.25, 0.3) is 0 Å². The molecule has 4 bridgehead atoms. The first-order valence-corrected chi connectivity index (χ1v) is 8.75. The fourth-order valence-electron chi connectivity index (χ4n) is 5.70. The van der Waals surface area contributed by atoms with Crippen molar-refractivity contribution in [2.24, 2.45) is 23.7 Å². The molecule has 0 aliphatic heterocycles. The first-order valence-electron chi connectivity index (χ1n) is 8.75. The summed E-state index contributed by atoms with van der Waals surface area (Å²) in [5, 5.41) is 0. The minimum Gasteiger partial charge on any atom is -0.366 e. The van der Waals surface area contributed by atoms with Crippen LogP contribution in [0.2, 0.25) is 0 Å². The molecule has 6 atom stereocenters. The van der Waals surface area contributed by atoms with Gasteiger partial charge in [0.2, 0.25) is 0 Å². The number of fused-ring (bicyclic) bond motifs is 4. The summed E-state index contributed by atoms with van der Waals surface area (Å²) in [6.45, 7) is 0. The third kappa shape index (κ3) is 1.80. The molecule has 1 nitrogen and oxygen atoms in total. The molecule has 3 fully saturated rings. The second-order valence-electron chi connectivity index (χ2n) is 7.77. The quantitative estimate of drug-likeness (QED) is 0.730. The summed E-state index contributed by atoms with van der Waals surface area (Å²) in [6, 6.07) is 11.1. The van der Waals surface area contributed by atoms with Crippen molar-refractivity contribution >= 4 is 0 Å². The van der Waals surface area contributed by atoms with E-state index >= 15 is 0 Å². The molecule has 4 aliphatic rings. The van der Waals surface area contributed by atoms with Crippen molar-refractivity contribution in [2.75, 3.05) is 0 Å². The Morgan fingerprint density at radius 1 is 0.952 bits per heavy atom. The zero-order chi connectivity index (χ0) is 13.9. The third-order valence-corrected chi connectivity index (χ3v) is 6.63. The molecule has 6 unspecified atom stereocenters. The van der Waals surface area contributed by atoms with E-state index < -0.39 is 0 Å². The molecule has 4 aliphatic carbocycles. The van der Waals surface area contributed by atoms with Crippen LogP contribution < -0.4 is 0 Å². The van der Waals surface area contributed by atoms with Gasteiger partial charge in [0.15, 0.2) is 0 Å². The largest absolute Gasteiger partial charge is 0.366 e. The lowest BCUT2D eigenvalue weighted by Crippen LogP contribution is -2.40. The molecule has 21 heavy (non-hydrogen) atoms. The number of rotatable bonds is 3. The van der Waals surface area contributed by atoms with Crippen molar-refractivity contribution < 1.29 is 4.74 Å². The normalized spacial score (nSPS) is 46.6. The summed E-state index contributed by atoms with van der Waals surface area (Å²) < 4.78 is 6.96. The van der Waals surface area contributed by atoms with E-state index in [-0.39, 0.29) is 5.60 Å². The Morgan fingerprint density at radius 2 is 1.86 bits per heavy atom. The predicted octanol–water partition coefficient (Wildman–Crippen LogP) is 4.68. The Bertz CT molecular complexity index is 562. The lowest BCUT2D eigenvalue weighted by Gasteiger charge is -2.41. The molecule has 0 radical (unpaired) electrons. The molecule has 3 saturated carbocycles. The van der Waals surface area contributed by atoms with Gasteiger partial charge < -0.3 is 4.74 Å². The fourth-order valence-corrected chi connectivity index (χ4v) is 5.70. The highest BCUT2D eigenvalue weighted by atomic mass is 16.5. The van der Waals surface area contributed by atoms with Crippen molar-refractivity contribution in [1.29, 1.82) is 0 Å². The minimum absolute atomic E-state index is 0.0349. The van der Waals surface area contributed by atoms with E-state index in [4.69, 9.17) is 4.74 Å². The Balaban J connectivity index is 1.50. The van der Waals surface area contributed by atoms with Gasteiger partial charge in [-0.25, -0.2) is 0 Å². The lowest BCUT2D eigenvalue weighted by atomic mass is 9.78. The van der Waals surface area contributed by atoms with Gasteiger partial charge in [-0.2, -0.15) is 0 Å². The van der Waals surface area contributed by atoms with E-state index in [0.717, 1.165) is 17.8 Å². The zero-order valence-electron chi connectivity index (χ0n) is 12.6. The monoisotopic (exact) mass is 280 g/mol. The molecule has 0 aromatic heterocycles. The molecule has 110 valence electrons. The van der Waals surface area contributed by atoms with Crippen molar-refractivity contribution in [1.82, 2.24) is 0 Å². The van der Waals surface area contributed by atoms with Crippen LogP contribution in [-0.2, 0) is 10.3 Å². The van der Waals surface area contributed by atoms with Gasteiger partial charge in [0, 0.05) is 5.92 Å². The molecule has 0 spiro atoms. The van der Waals surface area contributed by atoms with Gasteiger partial charge in [0.25, 0.3) is 0 Å². The highest BCUT2D eigenvalue weighted by Gasteiger charge is 2.55. The topological polar surface area (TPSA) is 9.23 Å². The van der Waals surface area contributed by atoms with Gasteiger partial charge in [-0.15, -0.1) is 0 Å². The Morgan fingerprint density at radius 3 is 2.48 bits per heavy atom. The van der Waals surface area contributed by atoms with E-state index in [2.05, 4.69) is 42.5 Å². The average Bonchev–Trinajstić information content (AvgIpc) is 3.28. The number of hydrogen-bond acceptors (Lipinski definition) is 1. The van der Waals surface area contributed by atoms with Gasteiger partial charge in [-0.1, -0.05) is 42.5 Å². The average molecular weight is 280 g/mol. The van der Waals surface area contributed by atoms with E-state index in [1.54, 1.807) is 0 Å². The highest BCUT2D eigenvalue weighted by Crippen LogP contribution is 2.59. The first-order chi connectivity index (χ1) is 10.3. The predicted molar refractivity (Wildman–Crippen MR) is 83.8 cm³/mol. The molecule has 0 N–H and O–H groups in total. The van der Waals surface area contributed by atoms with Crippen LogP contribution in [0.1, 0.15) is 44.1 Å². The molecule has 0 heterocycles.